The molecule has 0 bridgehead atoms. The molecule has 0 aromatic carbocycles. The number of amidine groups is 1. The number of rotatable bonds is 6. The number of nitrogens with one attached hydrogen (secondary N) is 2. The highest BCUT2D eigenvalue weighted by atomic mass is 79.9. The van der Waals surface area contributed by atoms with E-state index in [2.05, 4.69) is 36.6 Å². The number of fused-ring (bicyclic) bond motifs is 1. The van der Waals surface area contributed by atoms with Gasteiger partial charge in [0.2, 0.25) is 0 Å². The Morgan fingerprint density at radius 1 is 1.46 bits per heavy atom. The number of halogens is 1. The van der Waals surface area contributed by atoms with E-state index in [0.29, 0.717) is 30.7 Å². The van der Waals surface area contributed by atoms with Crippen LogP contribution in [0.2, 0.25) is 0 Å². The lowest BCUT2D eigenvalue weighted by Gasteiger charge is -2.14. The van der Waals surface area contributed by atoms with E-state index >= 15 is 0 Å². The zero-order valence-electron chi connectivity index (χ0n) is 12.9. The molecule has 10 heteroatoms. The molecule has 9 nitrogen and oxygen atoms in total. The summed E-state index contributed by atoms with van der Waals surface area (Å²) in [5.41, 5.74) is 6.52. The molecule has 2 aromatic rings. The number of carbonyl (C=O) groups excluding carboxylic acids is 1. The predicted octanol–water partition coefficient (Wildman–Crippen LogP) is 1.08. The van der Waals surface area contributed by atoms with Crippen molar-refractivity contribution in [3.63, 3.8) is 0 Å². The second kappa shape index (κ2) is 7.05. The van der Waals surface area contributed by atoms with Crippen molar-refractivity contribution in [2.45, 2.75) is 12.8 Å². The van der Waals surface area contributed by atoms with Gasteiger partial charge < -0.3 is 15.5 Å². The number of hydrazone groups is 1. The number of aromatic nitrogens is 2. The predicted molar refractivity (Wildman–Crippen MR) is 95.2 cm³/mol. The molecule has 128 valence electrons. The number of hydrogen-bond acceptors (Lipinski definition) is 5. The van der Waals surface area contributed by atoms with Crippen molar-refractivity contribution < 1.29 is 4.79 Å². The van der Waals surface area contributed by atoms with Crippen LogP contribution in [0.4, 0.5) is 10.6 Å². The van der Waals surface area contributed by atoms with Crippen molar-refractivity contribution in [3.05, 3.63) is 29.0 Å². The second-order valence-electron chi connectivity index (χ2n) is 5.58. The van der Waals surface area contributed by atoms with Crippen molar-refractivity contribution >= 4 is 39.3 Å². The van der Waals surface area contributed by atoms with Gasteiger partial charge in [0.25, 0.3) is 0 Å². The van der Waals surface area contributed by atoms with E-state index in [1.54, 1.807) is 6.20 Å². The Hall–Kier alpha value is -2.33. The molecule has 0 spiro atoms. The molecule has 1 fully saturated rings. The van der Waals surface area contributed by atoms with E-state index in [1.165, 1.54) is 5.12 Å². The normalized spacial score (nSPS) is 14.7. The van der Waals surface area contributed by atoms with Gasteiger partial charge in [0.15, 0.2) is 5.82 Å². The Morgan fingerprint density at radius 2 is 2.25 bits per heavy atom. The van der Waals surface area contributed by atoms with Crippen molar-refractivity contribution in [1.29, 1.82) is 0 Å². The van der Waals surface area contributed by atoms with Crippen LogP contribution in [-0.2, 0) is 0 Å². The molecule has 0 unspecified atom stereocenters. The Morgan fingerprint density at radius 3 is 3.00 bits per heavy atom. The molecule has 1 aliphatic rings. The molecule has 3 rings (SSSR count). The maximum Gasteiger partial charge on any atom is 0.320 e. The largest absolute Gasteiger partial charge is 0.385 e. The van der Waals surface area contributed by atoms with E-state index in [9.17, 15) is 4.79 Å². The second-order valence-corrected chi connectivity index (χ2v) is 6.50. The molecular weight excluding hydrogens is 376 g/mol. The molecule has 2 heterocycles. The Labute approximate surface area is 147 Å². The highest BCUT2D eigenvalue weighted by Crippen LogP contribution is 2.28. The van der Waals surface area contributed by atoms with Crippen molar-refractivity contribution in [1.82, 2.24) is 19.8 Å². The Kier molecular flexibility index (Phi) is 4.86. The van der Waals surface area contributed by atoms with Crippen LogP contribution in [0.5, 0.6) is 0 Å². The summed E-state index contributed by atoms with van der Waals surface area (Å²) in [5, 5.41) is 10.7. The zero-order chi connectivity index (χ0) is 17.1. The summed E-state index contributed by atoms with van der Waals surface area (Å²) in [4.78, 5) is 16.2. The highest BCUT2D eigenvalue weighted by Gasteiger charge is 2.26. The number of nitrogens with two attached hydrogens (primary N) is 2. The van der Waals surface area contributed by atoms with Crippen molar-refractivity contribution in [3.8, 4) is 0 Å². The van der Waals surface area contributed by atoms with Gasteiger partial charge in [0, 0.05) is 23.1 Å². The maximum absolute atomic E-state index is 11.9. The van der Waals surface area contributed by atoms with Crippen LogP contribution in [0.15, 0.2) is 34.1 Å². The molecular formula is C14H19BrN8O. The average Bonchev–Trinajstić information content (AvgIpc) is 3.29. The van der Waals surface area contributed by atoms with Crippen LogP contribution in [0.1, 0.15) is 12.8 Å². The van der Waals surface area contributed by atoms with Gasteiger partial charge in [-0.05, 0) is 40.9 Å². The van der Waals surface area contributed by atoms with Crippen LogP contribution in [0.25, 0.3) is 5.65 Å². The molecule has 24 heavy (non-hydrogen) atoms. The third-order valence-electron chi connectivity index (χ3n) is 3.52. The standard InChI is InChI=1S/C14H19BrN8O/c15-10-3-4-12-19-11(8-22(12)7-10)20-14(24)18-5-6-23(17)21-13(16)9-1-2-9/h3-4,7-9H,1-2,5-6,17H2,(H2,16,21)(H2,18,20,24). The maximum atomic E-state index is 11.9. The van der Waals surface area contributed by atoms with Gasteiger partial charge in [-0.3, -0.25) is 5.32 Å². The minimum atomic E-state index is -0.356. The van der Waals surface area contributed by atoms with Gasteiger partial charge in [-0.2, -0.15) is 0 Å². The number of pyridine rings is 1. The summed E-state index contributed by atoms with van der Waals surface area (Å²) >= 11 is 3.39. The lowest BCUT2D eigenvalue weighted by molar-refractivity contribution is 0.247. The highest BCUT2D eigenvalue weighted by molar-refractivity contribution is 9.10. The average molecular weight is 395 g/mol. The fraction of sp³-hybridized carbons (Fsp3) is 0.357. The minimum Gasteiger partial charge on any atom is -0.385 e. The van der Waals surface area contributed by atoms with Gasteiger partial charge in [0.05, 0.1) is 12.7 Å². The minimum absolute atomic E-state index is 0.336. The Bertz CT molecular complexity index is 769. The number of urea groups is 1. The molecule has 0 aliphatic heterocycles. The summed E-state index contributed by atoms with van der Waals surface area (Å²) in [6.07, 6.45) is 5.73. The number of amides is 2. The number of carbonyl (C=O) groups is 1. The van der Waals surface area contributed by atoms with Crippen LogP contribution in [0.3, 0.4) is 0 Å². The van der Waals surface area contributed by atoms with E-state index in [1.807, 2.05) is 22.7 Å². The molecule has 0 saturated heterocycles. The molecule has 1 aliphatic carbocycles. The molecule has 1 saturated carbocycles. The van der Waals surface area contributed by atoms with Gasteiger partial charge >= 0.3 is 6.03 Å². The summed E-state index contributed by atoms with van der Waals surface area (Å²) < 4.78 is 2.74. The number of imidazole rings is 1. The van der Waals surface area contributed by atoms with E-state index in [-0.39, 0.29) is 6.03 Å². The number of hydrogen-bond donors (Lipinski definition) is 4. The quantitative estimate of drug-likeness (QED) is 0.252. The molecule has 6 N–H and O–H groups in total. The van der Waals surface area contributed by atoms with E-state index in [4.69, 9.17) is 11.6 Å². The first-order valence-electron chi connectivity index (χ1n) is 7.56. The third kappa shape index (κ3) is 4.36. The van der Waals surface area contributed by atoms with Crippen molar-refractivity contribution in [2.24, 2.45) is 22.6 Å². The monoisotopic (exact) mass is 394 g/mol. The molecule has 2 amide bonds. The van der Waals surface area contributed by atoms with E-state index < -0.39 is 0 Å². The van der Waals surface area contributed by atoms with Gasteiger partial charge in [0.1, 0.15) is 11.5 Å². The fourth-order valence-electron chi connectivity index (χ4n) is 2.13. The number of nitrogens with zero attached hydrogens (tertiary/aromatic N) is 4. The topological polar surface area (TPSA) is 126 Å². The van der Waals surface area contributed by atoms with Gasteiger partial charge in [-0.1, -0.05) is 0 Å². The lowest BCUT2D eigenvalue weighted by atomic mass is 10.4. The molecule has 2 aromatic heterocycles. The van der Waals surface area contributed by atoms with Crippen LogP contribution < -0.4 is 22.2 Å². The smallest absolute Gasteiger partial charge is 0.320 e. The van der Waals surface area contributed by atoms with Crippen LogP contribution in [-0.4, -0.2) is 39.5 Å². The number of hydrazine groups is 1. The van der Waals surface area contributed by atoms with Crippen LogP contribution >= 0.6 is 15.9 Å². The van der Waals surface area contributed by atoms with Crippen molar-refractivity contribution in [2.75, 3.05) is 18.4 Å². The molecule has 0 radical (unpaired) electrons. The number of anilines is 1. The molecule has 0 atom stereocenters. The Balaban J connectivity index is 1.45. The van der Waals surface area contributed by atoms with E-state index in [0.717, 1.165) is 23.0 Å². The van der Waals surface area contributed by atoms with Gasteiger partial charge in [-0.15, -0.1) is 5.10 Å². The van der Waals surface area contributed by atoms with Gasteiger partial charge in [-0.25, -0.2) is 20.7 Å². The zero-order valence-corrected chi connectivity index (χ0v) is 14.5. The lowest BCUT2D eigenvalue weighted by Crippen LogP contribution is -2.39. The summed E-state index contributed by atoms with van der Waals surface area (Å²) in [6.45, 7) is 0.696. The first-order chi connectivity index (χ1) is 11.5. The summed E-state index contributed by atoms with van der Waals surface area (Å²) in [5.74, 6) is 7.10. The first kappa shape index (κ1) is 16.5. The summed E-state index contributed by atoms with van der Waals surface area (Å²) in [6, 6.07) is 3.38. The fourth-order valence-corrected chi connectivity index (χ4v) is 2.48. The third-order valence-corrected chi connectivity index (χ3v) is 3.99. The van der Waals surface area contributed by atoms with Crippen LogP contribution in [0, 0.1) is 5.92 Å². The SMILES string of the molecule is N/C(=N\N(N)CCNC(=O)Nc1cn2cc(Br)ccc2n1)C1CC1. The summed E-state index contributed by atoms with van der Waals surface area (Å²) in [7, 11) is 0. The first-order valence-corrected chi connectivity index (χ1v) is 8.36.